The van der Waals surface area contributed by atoms with Crippen LogP contribution < -0.4 is 4.72 Å². The molecule has 2 aromatic carbocycles. The Hall–Kier alpha value is -2.32. The van der Waals surface area contributed by atoms with Crippen LogP contribution in [0.2, 0.25) is 0 Å². The van der Waals surface area contributed by atoms with E-state index in [4.69, 9.17) is 5.26 Å². The normalized spacial score (nSPS) is 11.0. The molecule has 114 valence electrons. The number of rotatable bonds is 4. The molecule has 0 fully saturated rings. The third-order valence-corrected chi connectivity index (χ3v) is 4.89. The van der Waals surface area contributed by atoms with Gasteiger partial charge in [-0.1, -0.05) is 23.8 Å². The van der Waals surface area contributed by atoms with E-state index in [2.05, 4.69) is 10.8 Å². The highest BCUT2D eigenvalue weighted by Crippen LogP contribution is 2.25. The number of aryl methyl sites for hydroxylation is 2. The third-order valence-electron chi connectivity index (χ3n) is 3.50. The van der Waals surface area contributed by atoms with Gasteiger partial charge in [-0.15, -0.1) is 0 Å². The summed E-state index contributed by atoms with van der Waals surface area (Å²) >= 11 is 0. The molecule has 0 saturated carbocycles. The van der Waals surface area contributed by atoms with Gasteiger partial charge in [-0.2, -0.15) is 5.26 Å². The number of nitrogens with one attached hydrogen (secondary N) is 1. The Bertz CT molecular complexity index is 832. The Labute approximate surface area is 131 Å². The van der Waals surface area contributed by atoms with Crippen LogP contribution in [0.3, 0.4) is 0 Å². The molecule has 0 aliphatic heterocycles. The lowest BCUT2D eigenvalue weighted by Gasteiger charge is -2.14. The Morgan fingerprint density at radius 2 is 1.68 bits per heavy atom. The van der Waals surface area contributed by atoms with Gasteiger partial charge in [-0.25, -0.2) is 8.42 Å². The first-order valence-corrected chi connectivity index (χ1v) is 8.38. The van der Waals surface area contributed by atoms with E-state index in [1.54, 1.807) is 30.3 Å². The first kappa shape index (κ1) is 16.1. The van der Waals surface area contributed by atoms with E-state index in [0.717, 1.165) is 22.3 Å². The molecule has 22 heavy (non-hydrogen) atoms. The third kappa shape index (κ3) is 3.46. The second-order valence-corrected chi connectivity index (χ2v) is 7.03. The fourth-order valence-corrected chi connectivity index (χ4v) is 3.34. The summed E-state index contributed by atoms with van der Waals surface area (Å²) in [6.07, 6.45) is 0.257. The van der Waals surface area contributed by atoms with Gasteiger partial charge in [-0.05, 0) is 55.7 Å². The number of benzene rings is 2. The average molecular weight is 314 g/mol. The zero-order valence-corrected chi connectivity index (χ0v) is 13.7. The van der Waals surface area contributed by atoms with Crippen LogP contribution in [0.15, 0.2) is 41.3 Å². The smallest absolute Gasteiger partial charge is 0.261 e. The summed E-state index contributed by atoms with van der Waals surface area (Å²) in [5.41, 5.74) is 4.05. The van der Waals surface area contributed by atoms with Crippen LogP contribution in [0.25, 0.3) is 0 Å². The van der Waals surface area contributed by atoms with Gasteiger partial charge < -0.3 is 0 Å². The monoisotopic (exact) mass is 314 g/mol. The summed E-state index contributed by atoms with van der Waals surface area (Å²) in [6.45, 7) is 5.60. The first-order valence-electron chi connectivity index (χ1n) is 6.90. The van der Waals surface area contributed by atoms with Crippen LogP contribution in [0.1, 0.15) is 22.3 Å². The van der Waals surface area contributed by atoms with E-state index in [9.17, 15) is 8.42 Å². The minimum Gasteiger partial charge on any atom is -0.279 e. The van der Waals surface area contributed by atoms with Crippen LogP contribution in [0.4, 0.5) is 5.69 Å². The van der Waals surface area contributed by atoms with Crippen LogP contribution in [0, 0.1) is 32.1 Å². The molecule has 0 atom stereocenters. The minimum absolute atomic E-state index is 0.223. The zero-order chi connectivity index (χ0) is 16.3. The van der Waals surface area contributed by atoms with E-state index < -0.39 is 10.0 Å². The molecule has 0 bridgehead atoms. The molecule has 0 heterocycles. The largest absolute Gasteiger partial charge is 0.279 e. The Balaban J connectivity index is 2.42. The topological polar surface area (TPSA) is 70.0 Å². The molecule has 2 rings (SSSR count). The van der Waals surface area contributed by atoms with Crippen molar-refractivity contribution in [2.45, 2.75) is 32.1 Å². The van der Waals surface area contributed by atoms with Crippen LogP contribution >= 0.6 is 0 Å². The predicted molar refractivity (Wildman–Crippen MR) is 87.2 cm³/mol. The van der Waals surface area contributed by atoms with Crippen molar-refractivity contribution in [1.29, 1.82) is 5.26 Å². The lowest BCUT2D eigenvalue weighted by Crippen LogP contribution is -2.14. The summed E-state index contributed by atoms with van der Waals surface area (Å²) < 4.78 is 27.6. The highest BCUT2D eigenvalue weighted by Gasteiger charge is 2.16. The lowest BCUT2D eigenvalue weighted by atomic mass is 10.0. The van der Waals surface area contributed by atoms with Gasteiger partial charge in [0.15, 0.2) is 0 Å². The Morgan fingerprint density at radius 3 is 2.27 bits per heavy atom. The maximum absolute atomic E-state index is 12.5. The number of sulfonamides is 1. The van der Waals surface area contributed by atoms with E-state index in [1.165, 1.54) is 0 Å². The van der Waals surface area contributed by atoms with Crippen molar-refractivity contribution in [3.8, 4) is 6.07 Å². The summed E-state index contributed by atoms with van der Waals surface area (Å²) in [7, 11) is -3.63. The molecule has 0 unspecified atom stereocenters. The molecule has 0 spiro atoms. The average Bonchev–Trinajstić information content (AvgIpc) is 2.44. The number of anilines is 1. The van der Waals surface area contributed by atoms with Gasteiger partial charge in [0.2, 0.25) is 0 Å². The van der Waals surface area contributed by atoms with E-state index >= 15 is 0 Å². The second kappa shape index (κ2) is 6.20. The zero-order valence-electron chi connectivity index (χ0n) is 12.8. The van der Waals surface area contributed by atoms with Crippen molar-refractivity contribution in [3.05, 3.63) is 58.7 Å². The number of nitrogens with zero attached hydrogens (tertiary/aromatic N) is 1. The summed E-state index contributed by atoms with van der Waals surface area (Å²) in [4.78, 5) is 0.223. The minimum atomic E-state index is -3.63. The van der Waals surface area contributed by atoms with Crippen molar-refractivity contribution in [2.24, 2.45) is 0 Å². The molecule has 5 heteroatoms. The first-order chi connectivity index (χ1) is 10.3. The van der Waals surface area contributed by atoms with E-state index in [0.29, 0.717) is 5.69 Å². The predicted octanol–water partition coefficient (Wildman–Crippen LogP) is 3.48. The molecular weight excluding hydrogens is 296 g/mol. The van der Waals surface area contributed by atoms with Crippen LogP contribution in [-0.4, -0.2) is 8.42 Å². The van der Waals surface area contributed by atoms with Crippen molar-refractivity contribution in [3.63, 3.8) is 0 Å². The lowest BCUT2D eigenvalue weighted by molar-refractivity contribution is 0.601. The van der Waals surface area contributed by atoms with Gasteiger partial charge in [-0.3, -0.25) is 4.72 Å². The highest BCUT2D eigenvalue weighted by atomic mass is 32.2. The van der Waals surface area contributed by atoms with Crippen molar-refractivity contribution >= 4 is 15.7 Å². The van der Waals surface area contributed by atoms with Crippen LogP contribution in [0.5, 0.6) is 0 Å². The number of hydrogen-bond donors (Lipinski definition) is 1. The Morgan fingerprint density at radius 1 is 1.05 bits per heavy atom. The number of nitriles is 1. The number of hydrogen-bond acceptors (Lipinski definition) is 3. The molecule has 0 saturated heterocycles. The van der Waals surface area contributed by atoms with Gasteiger partial charge in [0.1, 0.15) is 0 Å². The SMILES string of the molecule is Cc1ccc(S(=O)(=O)Nc2cc(C)cc(CC#N)c2C)cc1. The maximum atomic E-state index is 12.5. The maximum Gasteiger partial charge on any atom is 0.261 e. The highest BCUT2D eigenvalue weighted by molar-refractivity contribution is 7.92. The fraction of sp³-hybridized carbons (Fsp3) is 0.235. The van der Waals surface area contributed by atoms with Gasteiger partial charge in [0.05, 0.1) is 23.1 Å². The summed E-state index contributed by atoms with van der Waals surface area (Å²) in [5, 5.41) is 8.87. The van der Waals surface area contributed by atoms with Gasteiger partial charge in [0, 0.05) is 0 Å². The van der Waals surface area contributed by atoms with Crippen molar-refractivity contribution < 1.29 is 8.42 Å². The summed E-state index contributed by atoms with van der Waals surface area (Å²) in [6, 6.07) is 12.5. The molecule has 0 radical (unpaired) electrons. The molecule has 1 N–H and O–H groups in total. The molecule has 0 aromatic heterocycles. The standard InChI is InChI=1S/C17H18N2O2S/c1-12-4-6-16(7-5-12)22(20,21)19-17-11-13(2)10-15(8-9-18)14(17)3/h4-7,10-11,19H,8H2,1-3H3. The van der Waals surface area contributed by atoms with Crippen molar-refractivity contribution in [2.75, 3.05) is 4.72 Å². The van der Waals surface area contributed by atoms with Crippen LogP contribution in [-0.2, 0) is 16.4 Å². The summed E-state index contributed by atoms with van der Waals surface area (Å²) in [5.74, 6) is 0. The molecule has 0 aliphatic rings. The molecule has 0 amide bonds. The second-order valence-electron chi connectivity index (χ2n) is 5.35. The Kier molecular flexibility index (Phi) is 4.53. The quantitative estimate of drug-likeness (QED) is 0.939. The van der Waals surface area contributed by atoms with Gasteiger partial charge >= 0.3 is 0 Å². The molecule has 4 nitrogen and oxygen atoms in total. The van der Waals surface area contributed by atoms with Gasteiger partial charge in [0.25, 0.3) is 10.0 Å². The molecule has 2 aromatic rings. The molecular formula is C17H18N2O2S. The molecule has 0 aliphatic carbocycles. The van der Waals surface area contributed by atoms with E-state index in [1.807, 2.05) is 26.8 Å². The van der Waals surface area contributed by atoms with Crippen molar-refractivity contribution in [1.82, 2.24) is 0 Å². The van der Waals surface area contributed by atoms with E-state index in [-0.39, 0.29) is 11.3 Å². The fourth-order valence-electron chi connectivity index (χ4n) is 2.23.